The topological polar surface area (TPSA) is 49.5 Å². The highest BCUT2D eigenvalue weighted by Crippen LogP contribution is 2.24. The normalized spacial score (nSPS) is 20.4. The van der Waals surface area contributed by atoms with Gasteiger partial charge in [0.15, 0.2) is 0 Å². The Morgan fingerprint density at radius 2 is 2.26 bits per heavy atom. The Bertz CT molecular complexity index is 467. The van der Waals surface area contributed by atoms with Gasteiger partial charge in [0.25, 0.3) is 0 Å². The van der Waals surface area contributed by atoms with Crippen LogP contribution in [0.5, 0.6) is 0 Å². The number of rotatable bonds is 4. The van der Waals surface area contributed by atoms with Gasteiger partial charge in [0.1, 0.15) is 4.99 Å². The van der Waals surface area contributed by atoms with Crippen LogP contribution in [0.1, 0.15) is 30.4 Å². The molecule has 104 valence electrons. The summed E-state index contributed by atoms with van der Waals surface area (Å²) in [6.45, 7) is 1.99. The number of benzene rings is 1. The maximum atomic E-state index is 9.42. The molecule has 0 radical (unpaired) electrons. The summed E-state index contributed by atoms with van der Waals surface area (Å²) in [4.78, 5) is 2.66. The number of aliphatic hydroxyl groups excluding tert-OH is 1. The van der Waals surface area contributed by atoms with Crippen LogP contribution in [0.25, 0.3) is 0 Å². The maximum absolute atomic E-state index is 9.42. The van der Waals surface area contributed by atoms with Gasteiger partial charge in [-0.15, -0.1) is 0 Å². The average molecular weight is 299 g/mol. The van der Waals surface area contributed by atoms with Gasteiger partial charge in [-0.05, 0) is 31.0 Å². The van der Waals surface area contributed by atoms with Gasteiger partial charge >= 0.3 is 0 Å². The van der Waals surface area contributed by atoms with Crippen LogP contribution in [0, 0.1) is 0 Å². The molecule has 1 heterocycles. The number of halogens is 1. The highest BCUT2D eigenvalue weighted by molar-refractivity contribution is 7.80. The molecule has 1 unspecified atom stereocenters. The summed E-state index contributed by atoms with van der Waals surface area (Å²) in [6.07, 6.45) is 3.42. The molecule has 1 atom stereocenters. The molecule has 0 spiro atoms. The van der Waals surface area contributed by atoms with Gasteiger partial charge in [-0.2, -0.15) is 0 Å². The summed E-state index contributed by atoms with van der Waals surface area (Å²) in [5.74, 6) is 0. The summed E-state index contributed by atoms with van der Waals surface area (Å²) in [5, 5.41) is 10.1. The first-order valence-corrected chi connectivity index (χ1v) is 7.33. The van der Waals surface area contributed by atoms with Gasteiger partial charge in [0.2, 0.25) is 0 Å². The molecular weight excluding hydrogens is 280 g/mol. The van der Waals surface area contributed by atoms with E-state index in [0.717, 1.165) is 30.6 Å². The molecule has 1 aromatic carbocycles. The van der Waals surface area contributed by atoms with Crippen LogP contribution in [-0.4, -0.2) is 34.2 Å². The number of aliphatic hydroxyl groups is 1. The van der Waals surface area contributed by atoms with Crippen LogP contribution in [0.4, 0.5) is 0 Å². The van der Waals surface area contributed by atoms with Crippen LogP contribution >= 0.6 is 23.8 Å². The Morgan fingerprint density at radius 1 is 1.47 bits per heavy atom. The van der Waals surface area contributed by atoms with E-state index in [1.807, 2.05) is 18.2 Å². The van der Waals surface area contributed by atoms with Crippen molar-refractivity contribution in [2.75, 3.05) is 13.2 Å². The zero-order valence-electron chi connectivity index (χ0n) is 10.8. The molecule has 0 saturated carbocycles. The minimum Gasteiger partial charge on any atom is -0.395 e. The standard InChI is InChI=1S/C14H19ClN2OS/c15-13-7-10(14(16)19)4-5-11(13)8-17-6-2-1-3-12(17)9-18/h4-5,7,12,18H,1-3,6,8-9H2,(H2,16,19). The summed E-state index contributed by atoms with van der Waals surface area (Å²) in [6, 6.07) is 5.94. The molecule has 0 aliphatic carbocycles. The van der Waals surface area contributed by atoms with E-state index >= 15 is 0 Å². The smallest absolute Gasteiger partial charge is 0.104 e. The third kappa shape index (κ3) is 3.66. The van der Waals surface area contributed by atoms with Crippen molar-refractivity contribution < 1.29 is 5.11 Å². The Kier molecular flexibility index (Phi) is 5.16. The van der Waals surface area contributed by atoms with Gasteiger partial charge in [-0.3, -0.25) is 4.90 Å². The van der Waals surface area contributed by atoms with Crippen LogP contribution in [0.3, 0.4) is 0 Å². The Hall–Kier alpha value is -0.680. The Labute approximate surface area is 124 Å². The van der Waals surface area contributed by atoms with Gasteiger partial charge in [-0.25, -0.2) is 0 Å². The molecule has 1 fully saturated rings. The van der Waals surface area contributed by atoms with Gasteiger partial charge in [0.05, 0.1) is 6.61 Å². The second kappa shape index (κ2) is 6.66. The second-order valence-electron chi connectivity index (χ2n) is 4.97. The van der Waals surface area contributed by atoms with Gasteiger partial charge in [-0.1, -0.05) is 42.4 Å². The molecule has 1 aliphatic heterocycles. The van der Waals surface area contributed by atoms with Crippen molar-refractivity contribution in [3.63, 3.8) is 0 Å². The lowest BCUT2D eigenvalue weighted by Crippen LogP contribution is -2.41. The predicted molar refractivity (Wildman–Crippen MR) is 82.5 cm³/mol. The number of nitrogens with zero attached hydrogens (tertiary/aromatic N) is 1. The van der Waals surface area contributed by atoms with Crippen LogP contribution in [-0.2, 0) is 6.54 Å². The van der Waals surface area contributed by atoms with Crippen molar-refractivity contribution in [3.8, 4) is 0 Å². The van der Waals surface area contributed by atoms with E-state index in [1.54, 1.807) is 0 Å². The minimum atomic E-state index is 0.211. The molecule has 3 nitrogen and oxygen atoms in total. The number of piperidine rings is 1. The summed E-state index contributed by atoms with van der Waals surface area (Å²) >= 11 is 11.2. The van der Waals surface area contributed by atoms with Crippen LogP contribution in [0.15, 0.2) is 18.2 Å². The van der Waals surface area contributed by atoms with Crippen molar-refractivity contribution in [1.29, 1.82) is 0 Å². The minimum absolute atomic E-state index is 0.211. The lowest BCUT2D eigenvalue weighted by molar-refractivity contribution is 0.0841. The third-order valence-electron chi connectivity index (χ3n) is 3.67. The van der Waals surface area contributed by atoms with E-state index in [2.05, 4.69) is 4.90 Å². The largest absolute Gasteiger partial charge is 0.395 e. The first-order chi connectivity index (χ1) is 9.11. The number of thiocarbonyl (C=S) groups is 1. The first kappa shape index (κ1) is 14.7. The van der Waals surface area contributed by atoms with Gasteiger partial charge in [0, 0.05) is 23.2 Å². The molecule has 1 aromatic rings. The first-order valence-electron chi connectivity index (χ1n) is 6.55. The number of hydrogen-bond donors (Lipinski definition) is 2. The maximum Gasteiger partial charge on any atom is 0.104 e. The highest BCUT2D eigenvalue weighted by atomic mass is 35.5. The zero-order chi connectivity index (χ0) is 13.8. The molecule has 0 aromatic heterocycles. The summed E-state index contributed by atoms with van der Waals surface area (Å²) in [7, 11) is 0. The molecular formula is C14H19ClN2OS. The summed E-state index contributed by atoms with van der Waals surface area (Å²) < 4.78 is 0. The Balaban J connectivity index is 2.11. The average Bonchev–Trinajstić information content (AvgIpc) is 2.41. The monoisotopic (exact) mass is 298 g/mol. The van der Waals surface area contributed by atoms with Crippen molar-refractivity contribution in [2.24, 2.45) is 5.73 Å². The quantitative estimate of drug-likeness (QED) is 0.838. The van der Waals surface area contributed by atoms with Crippen LogP contribution in [0.2, 0.25) is 5.02 Å². The highest BCUT2D eigenvalue weighted by Gasteiger charge is 2.22. The molecule has 5 heteroatoms. The van der Waals surface area contributed by atoms with Crippen molar-refractivity contribution in [1.82, 2.24) is 4.90 Å². The van der Waals surface area contributed by atoms with E-state index in [-0.39, 0.29) is 12.6 Å². The molecule has 1 aliphatic rings. The van der Waals surface area contributed by atoms with E-state index in [0.29, 0.717) is 10.0 Å². The Morgan fingerprint density at radius 3 is 2.89 bits per heavy atom. The predicted octanol–water partition coefficient (Wildman–Crippen LogP) is 2.32. The number of nitrogens with two attached hydrogens (primary N) is 1. The van der Waals surface area contributed by atoms with E-state index in [1.165, 1.54) is 12.8 Å². The molecule has 0 amide bonds. The SMILES string of the molecule is NC(=S)c1ccc(CN2CCCCC2CO)c(Cl)c1. The molecule has 1 saturated heterocycles. The second-order valence-corrected chi connectivity index (χ2v) is 5.82. The molecule has 3 N–H and O–H groups in total. The fourth-order valence-corrected chi connectivity index (χ4v) is 2.89. The zero-order valence-corrected chi connectivity index (χ0v) is 12.4. The van der Waals surface area contributed by atoms with E-state index in [9.17, 15) is 5.11 Å². The number of likely N-dealkylation sites (tertiary alicyclic amines) is 1. The third-order valence-corrected chi connectivity index (χ3v) is 4.26. The molecule has 2 rings (SSSR count). The lowest BCUT2D eigenvalue weighted by Gasteiger charge is -2.34. The van der Waals surface area contributed by atoms with E-state index in [4.69, 9.17) is 29.6 Å². The van der Waals surface area contributed by atoms with Crippen molar-refractivity contribution in [3.05, 3.63) is 34.3 Å². The lowest BCUT2D eigenvalue weighted by atomic mass is 10.0. The van der Waals surface area contributed by atoms with Crippen molar-refractivity contribution in [2.45, 2.75) is 31.8 Å². The fourth-order valence-electron chi connectivity index (χ4n) is 2.52. The fraction of sp³-hybridized carbons (Fsp3) is 0.500. The summed E-state index contributed by atoms with van der Waals surface area (Å²) in [5.41, 5.74) is 7.44. The van der Waals surface area contributed by atoms with Gasteiger partial charge < -0.3 is 10.8 Å². The molecule has 19 heavy (non-hydrogen) atoms. The van der Waals surface area contributed by atoms with E-state index < -0.39 is 0 Å². The number of hydrogen-bond acceptors (Lipinski definition) is 3. The molecule has 0 bridgehead atoms. The van der Waals surface area contributed by atoms with Crippen molar-refractivity contribution >= 4 is 28.8 Å². The van der Waals surface area contributed by atoms with Crippen LogP contribution < -0.4 is 5.73 Å².